The fraction of sp³-hybridized carbons (Fsp3) is 0.538. The lowest BCUT2D eigenvalue weighted by Gasteiger charge is -2.23. The average molecular weight is 261 g/mol. The molecule has 0 amide bonds. The summed E-state index contributed by atoms with van der Waals surface area (Å²) < 4.78 is 38.5. The molecule has 0 aromatic heterocycles. The molecule has 5 heteroatoms. The standard InChI is InChI=1S/C13H18F3NO/c1-3-10(8-18)17-9(2)11-6-4-5-7-12(11)13(14,15)16/h4-7,9-10,17-18H,3,8H2,1-2H3/t9?,10-/m0/s1. The van der Waals surface area contributed by atoms with Crippen molar-refractivity contribution in [3.8, 4) is 0 Å². The molecule has 2 nitrogen and oxygen atoms in total. The first-order chi connectivity index (χ1) is 8.40. The van der Waals surface area contributed by atoms with E-state index in [2.05, 4.69) is 5.32 Å². The van der Waals surface area contributed by atoms with Gasteiger partial charge >= 0.3 is 6.18 Å². The lowest BCUT2D eigenvalue weighted by molar-refractivity contribution is -0.138. The SMILES string of the molecule is CC[C@@H](CO)NC(C)c1ccccc1C(F)(F)F. The minimum absolute atomic E-state index is 0.0883. The molecule has 0 heterocycles. The summed E-state index contributed by atoms with van der Waals surface area (Å²) in [5.74, 6) is 0. The van der Waals surface area contributed by atoms with Crippen molar-refractivity contribution in [1.29, 1.82) is 0 Å². The highest BCUT2D eigenvalue weighted by atomic mass is 19.4. The van der Waals surface area contributed by atoms with Crippen LogP contribution in [-0.2, 0) is 6.18 Å². The maximum Gasteiger partial charge on any atom is 0.416 e. The Labute approximate surface area is 105 Å². The molecule has 0 saturated heterocycles. The first kappa shape index (κ1) is 15.0. The molecule has 0 aliphatic rings. The Kier molecular flexibility index (Phi) is 5.16. The molecule has 1 aromatic rings. The van der Waals surface area contributed by atoms with Crippen molar-refractivity contribution >= 4 is 0 Å². The molecule has 1 unspecified atom stereocenters. The Morgan fingerprint density at radius 3 is 2.39 bits per heavy atom. The zero-order valence-corrected chi connectivity index (χ0v) is 10.5. The fourth-order valence-electron chi connectivity index (χ4n) is 1.88. The molecule has 2 N–H and O–H groups in total. The van der Waals surface area contributed by atoms with Gasteiger partial charge in [-0.25, -0.2) is 0 Å². The first-order valence-electron chi connectivity index (χ1n) is 5.93. The van der Waals surface area contributed by atoms with E-state index in [1.807, 2.05) is 6.92 Å². The summed E-state index contributed by atoms with van der Waals surface area (Å²) in [6, 6.07) is 4.85. The Morgan fingerprint density at radius 1 is 1.28 bits per heavy atom. The maximum absolute atomic E-state index is 12.8. The van der Waals surface area contributed by atoms with Gasteiger partial charge in [-0.1, -0.05) is 25.1 Å². The second-order valence-electron chi connectivity index (χ2n) is 4.26. The van der Waals surface area contributed by atoms with E-state index in [9.17, 15) is 13.2 Å². The van der Waals surface area contributed by atoms with E-state index in [1.54, 1.807) is 13.0 Å². The van der Waals surface area contributed by atoms with Crippen LogP contribution >= 0.6 is 0 Å². The van der Waals surface area contributed by atoms with Gasteiger partial charge in [0.1, 0.15) is 0 Å². The zero-order valence-electron chi connectivity index (χ0n) is 10.5. The van der Waals surface area contributed by atoms with Crippen molar-refractivity contribution in [2.45, 2.75) is 38.5 Å². The summed E-state index contributed by atoms with van der Waals surface area (Å²) in [5.41, 5.74) is -0.422. The van der Waals surface area contributed by atoms with Gasteiger partial charge in [-0.3, -0.25) is 0 Å². The van der Waals surface area contributed by atoms with Crippen LogP contribution in [0.3, 0.4) is 0 Å². The largest absolute Gasteiger partial charge is 0.416 e. The van der Waals surface area contributed by atoms with Crippen molar-refractivity contribution in [2.24, 2.45) is 0 Å². The van der Waals surface area contributed by atoms with Gasteiger partial charge in [0.25, 0.3) is 0 Å². The second kappa shape index (κ2) is 6.20. The van der Waals surface area contributed by atoms with Crippen LogP contribution in [0.15, 0.2) is 24.3 Å². The molecule has 0 radical (unpaired) electrons. The van der Waals surface area contributed by atoms with Crippen LogP contribution in [-0.4, -0.2) is 17.8 Å². The molecule has 0 aliphatic carbocycles. The minimum Gasteiger partial charge on any atom is -0.395 e. The number of aliphatic hydroxyl groups is 1. The first-order valence-corrected chi connectivity index (χ1v) is 5.93. The highest BCUT2D eigenvalue weighted by Crippen LogP contribution is 2.34. The summed E-state index contributed by atoms with van der Waals surface area (Å²) in [6.45, 7) is 3.45. The van der Waals surface area contributed by atoms with Gasteiger partial charge in [-0.05, 0) is 25.0 Å². The zero-order chi connectivity index (χ0) is 13.8. The molecule has 1 rings (SSSR count). The third-order valence-electron chi connectivity index (χ3n) is 2.93. The molecular weight excluding hydrogens is 243 g/mol. The van der Waals surface area contributed by atoms with Crippen LogP contribution < -0.4 is 5.32 Å². The topological polar surface area (TPSA) is 32.3 Å². The van der Waals surface area contributed by atoms with Crippen LogP contribution in [0.2, 0.25) is 0 Å². The van der Waals surface area contributed by atoms with Crippen molar-refractivity contribution in [3.05, 3.63) is 35.4 Å². The Balaban J connectivity index is 2.95. The van der Waals surface area contributed by atoms with E-state index in [-0.39, 0.29) is 18.2 Å². The molecule has 102 valence electrons. The lowest BCUT2D eigenvalue weighted by atomic mass is 10.00. The van der Waals surface area contributed by atoms with E-state index in [0.29, 0.717) is 6.42 Å². The molecule has 0 fully saturated rings. The minimum atomic E-state index is -4.35. The highest BCUT2D eigenvalue weighted by Gasteiger charge is 2.34. The fourth-order valence-corrected chi connectivity index (χ4v) is 1.88. The predicted molar refractivity (Wildman–Crippen MR) is 64.2 cm³/mol. The van der Waals surface area contributed by atoms with E-state index in [4.69, 9.17) is 5.11 Å². The third-order valence-corrected chi connectivity index (χ3v) is 2.93. The van der Waals surface area contributed by atoms with E-state index in [1.165, 1.54) is 12.1 Å². The number of nitrogens with one attached hydrogen (secondary N) is 1. The maximum atomic E-state index is 12.8. The summed E-state index contributed by atoms with van der Waals surface area (Å²) in [6.07, 6.45) is -3.69. The molecule has 1 aromatic carbocycles. The number of hydrogen-bond acceptors (Lipinski definition) is 2. The normalized spacial score (nSPS) is 15.4. The van der Waals surface area contributed by atoms with Crippen molar-refractivity contribution in [3.63, 3.8) is 0 Å². The summed E-state index contributed by atoms with van der Waals surface area (Å²) >= 11 is 0. The van der Waals surface area contributed by atoms with Gasteiger partial charge < -0.3 is 10.4 Å². The summed E-state index contributed by atoms with van der Waals surface area (Å²) in [4.78, 5) is 0. The molecule has 0 bridgehead atoms. The molecule has 0 aliphatic heterocycles. The molecule has 2 atom stereocenters. The summed E-state index contributed by atoms with van der Waals surface area (Å²) in [7, 11) is 0. The van der Waals surface area contributed by atoms with Crippen molar-refractivity contribution in [1.82, 2.24) is 5.32 Å². The monoisotopic (exact) mass is 261 g/mol. The van der Waals surface area contributed by atoms with E-state index in [0.717, 1.165) is 6.07 Å². The van der Waals surface area contributed by atoms with E-state index >= 15 is 0 Å². The number of alkyl halides is 3. The van der Waals surface area contributed by atoms with Crippen LogP contribution in [0.5, 0.6) is 0 Å². The third kappa shape index (κ3) is 3.71. The van der Waals surface area contributed by atoms with Crippen LogP contribution in [0, 0.1) is 0 Å². The summed E-state index contributed by atoms with van der Waals surface area (Å²) in [5, 5.41) is 12.1. The second-order valence-corrected chi connectivity index (χ2v) is 4.26. The Hall–Kier alpha value is -1.07. The average Bonchev–Trinajstić information content (AvgIpc) is 2.34. The van der Waals surface area contributed by atoms with E-state index < -0.39 is 17.8 Å². The van der Waals surface area contributed by atoms with Crippen LogP contribution in [0.4, 0.5) is 13.2 Å². The quantitative estimate of drug-likeness (QED) is 0.853. The van der Waals surface area contributed by atoms with Crippen LogP contribution in [0.25, 0.3) is 0 Å². The Morgan fingerprint density at radius 2 is 1.89 bits per heavy atom. The molecule has 18 heavy (non-hydrogen) atoms. The Bertz CT molecular complexity index is 375. The lowest BCUT2D eigenvalue weighted by Crippen LogP contribution is -2.34. The number of rotatable bonds is 5. The highest BCUT2D eigenvalue weighted by molar-refractivity contribution is 5.32. The van der Waals surface area contributed by atoms with Gasteiger partial charge in [-0.15, -0.1) is 0 Å². The molecule has 0 spiro atoms. The number of halogens is 3. The van der Waals surface area contributed by atoms with Gasteiger partial charge in [0.2, 0.25) is 0 Å². The van der Waals surface area contributed by atoms with Crippen molar-refractivity contribution in [2.75, 3.05) is 6.61 Å². The predicted octanol–water partition coefficient (Wildman–Crippen LogP) is 3.13. The van der Waals surface area contributed by atoms with Gasteiger partial charge in [0.05, 0.1) is 12.2 Å². The van der Waals surface area contributed by atoms with Crippen LogP contribution in [0.1, 0.15) is 37.4 Å². The molecule has 0 saturated carbocycles. The number of benzene rings is 1. The van der Waals surface area contributed by atoms with Gasteiger partial charge in [0.15, 0.2) is 0 Å². The van der Waals surface area contributed by atoms with Gasteiger partial charge in [-0.2, -0.15) is 13.2 Å². The smallest absolute Gasteiger partial charge is 0.395 e. The number of aliphatic hydroxyl groups excluding tert-OH is 1. The van der Waals surface area contributed by atoms with Crippen molar-refractivity contribution < 1.29 is 18.3 Å². The number of hydrogen-bond donors (Lipinski definition) is 2. The van der Waals surface area contributed by atoms with Gasteiger partial charge in [0, 0.05) is 12.1 Å². The molecular formula is C13H18F3NO.